The van der Waals surface area contributed by atoms with Gasteiger partial charge in [-0.1, -0.05) is 6.07 Å². The van der Waals surface area contributed by atoms with Gasteiger partial charge in [-0.2, -0.15) is 0 Å². The zero-order valence-electron chi connectivity index (χ0n) is 7.97. The standard InChI is InChI=1S/C10H13F2NO/c1-7(13)8-2-3-10(9(12)6-8)14-5-4-11/h2-3,6-7H,4-5,13H2,1H3/t7-/m1/s1. The van der Waals surface area contributed by atoms with Crippen molar-refractivity contribution in [3.63, 3.8) is 0 Å². The highest BCUT2D eigenvalue weighted by atomic mass is 19.1. The van der Waals surface area contributed by atoms with Crippen molar-refractivity contribution in [1.82, 2.24) is 0 Å². The van der Waals surface area contributed by atoms with Gasteiger partial charge in [0.1, 0.15) is 13.3 Å². The number of hydrogen-bond donors (Lipinski definition) is 1. The summed E-state index contributed by atoms with van der Waals surface area (Å²) in [7, 11) is 0. The molecule has 78 valence electrons. The molecule has 0 aliphatic rings. The molecule has 14 heavy (non-hydrogen) atoms. The third-order valence-electron chi connectivity index (χ3n) is 1.82. The van der Waals surface area contributed by atoms with E-state index in [0.29, 0.717) is 5.56 Å². The second-order valence-electron chi connectivity index (χ2n) is 3.02. The fourth-order valence-electron chi connectivity index (χ4n) is 1.07. The van der Waals surface area contributed by atoms with Crippen LogP contribution in [0.25, 0.3) is 0 Å². The molecule has 2 nitrogen and oxygen atoms in total. The first-order chi connectivity index (χ1) is 6.65. The minimum Gasteiger partial charge on any atom is -0.488 e. The van der Waals surface area contributed by atoms with Crippen molar-refractivity contribution in [1.29, 1.82) is 0 Å². The highest BCUT2D eigenvalue weighted by Crippen LogP contribution is 2.20. The van der Waals surface area contributed by atoms with Crippen molar-refractivity contribution < 1.29 is 13.5 Å². The normalized spacial score (nSPS) is 12.6. The summed E-state index contributed by atoms with van der Waals surface area (Å²) in [4.78, 5) is 0. The van der Waals surface area contributed by atoms with E-state index in [0.717, 1.165) is 0 Å². The van der Waals surface area contributed by atoms with Crippen LogP contribution in [0.3, 0.4) is 0 Å². The summed E-state index contributed by atoms with van der Waals surface area (Å²) in [5.74, 6) is -0.444. The fraction of sp³-hybridized carbons (Fsp3) is 0.400. The van der Waals surface area contributed by atoms with Gasteiger partial charge < -0.3 is 10.5 Å². The zero-order valence-corrected chi connectivity index (χ0v) is 7.97. The summed E-state index contributed by atoms with van der Waals surface area (Å²) in [5.41, 5.74) is 6.26. The number of alkyl halides is 1. The first-order valence-electron chi connectivity index (χ1n) is 4.39. The van der Waals surface area contributed by atoms with E-state index in [-0.39, 0.29) is 18.4 Å². The first-order valence-corrected chi connectivity index (χ1v) is 4.39. The number of halogens is 2. The predicted octanol–water partition coefficient (Wildman–Crippen LogP) is 2.19. The van der Waals surface area contributed by atoms with Crippen LogP contribution >= 0.6 is 0 Å². The van der Waals surface area contributed by atoms with Gasteiger partial charge in [0.15, 0.2) is 11.6 Å². The molecule has 1 atom stereocenters. The molecule has 0 unspecified atom stereocenters. The lowest BCUT2D eigenvalue weighted by molar-refractivity contribution is 0.262. The highest BCUT2D eigenvalue weighted by molar-refractivity contribution is 5.30. The Morgan fingerprint density at radius 3 is 2.71 bits per heavy atom. The Bertz CT molecular complexity index is 302. The van der Waals surface area contributed by atoms with Crippen molar-refractivity contribution in [2.75, 3.05) is 13.3 Å². The molecule has 0 spiro atoms. The maximum absolute atomic E-state index is 13.2. The smallest absolute Gasteiger partial charge is 0.165 e. The van der Waals surface area contributed by atoms with Crippen molar-refractivity contribution in [3.8, 4) is 5.75 Å². The van der Waals surface area contributed by atoms with Gasteiger partial charge in [-0.3, -0.25) is 0 Å². The van der Waals surface area contributed by atoms with Crippen LogP contribution in [0.4, 0.5) is 8.78 Å². The van der Waals surface area contributed by atoms with Gasteiger partial charge in [0, 0.05) is 6.04 Å². The fourth-order valence-corrected chi connectivity index (χ4v) is 1.07. The summed E-state index contributed by atoms with van der Waals surface area (Å²) in [6.45, 7) is 1.000. The minimum atomic E-state index is -0.630. The van der Waals surface area contributed by atoms with E-state index in [1.807, 2.05) is 0 Å². The molecule has 4 heteroatoms. The molecule has 0 heterocycles. The van der Waals surface area contributed by atoms with Crippen LogP contribution < -0.4 is 10.5 Å². The van der Waals surface area contributed by atoms with Crippen LogP contribution in [0, 0.1) is 5.82 Å². The average Bonchev–Trinajstić information content (AvgIpc) is 2.15. The number of ether oxygens (including phenoxy) is 1. The molecule has 0 aliphatic carbocycles. The van der Waals surface area contributed by atoms with Gasteiger partial charge in [-0.05, 0) is 24.6 Å². The van der Waals surface area contributed by atoms with E-state index in [1.165, 1.54) is 12.1 Å². The molecule has 1 aromatic rings. The number of rotatable bonds is 4. The quantitative estimate of drug-likeness (QED) is 0.810. The third-order valence-corrected chi connectivity index (χ3v) is 1.82. The first kappa shape index (κ1) is 10.9. The Morgan fingerprint density at radius 1 is 1.50 bits per heavy atom. The van der Waals surface area contributed by atoms with E-state index < -0.39 is 12.5 Å². The molecule has 0 saturated heterocycles. The predicted molar refractivity (Wildman–Crippen MR) is 50.5 cm³/mol. The molecule has 0 radical (unpaired) electrons. The Hall–Kier alpha value is -1.16. The maximum atomic E-state index is 13.2. The maximum Gasteiger partial charge on any atom is 0.165 e. The van der Waals surface area contributed by atoms with Crippen LogP contribution in [0.5, 0.6) is 5.75 Å². The molecule has 0 saturated carbocycles. The van der Waals surface area contributed by atoms with Crippen molar-refractivity contribution in [2.45, 2.75) is 13.0 Å². The topological polar surface area (TPSA) is 35.2 Å². The summed E-state index contributed by atoms with van der Waals surface area (Å²) < 4.78 is 29.8. The second-order valence-corrected chi connectivity index (χ2v) is 3.02. The van der Waals surface area contributed by atoms with Crippen molar-refractivity contribution in [3.05, 3.63) is 29.6 Å². The van der Waals surface area contributed by atoms with Gasteiger partial charge in [0.25, 0.3) is 0 Å². The third kappa shape index (κ3) is 2.67. The van der Waals surface area contributed by atoms with E-state index in [1.54, 1.807) is 13.0 Å². The van der Waals surface area contributed by atoms with Gasteiger partial charge in [-0.15, -0.1) is 0 Å². The Morgan fingerprint density at radius 2 is 2.21 bits per heavy atom. The van der Waals surface area contributed by atoms with E-state index >= 15 is 0 Å². The lowest BCUT2D eigenvalue weighted by Gasteiger charge is -2.09. The molecule has 0 aromatic heterocycles. The van der Waals surface area contributed by atoms with Crippen LogP contribution in [-0.2, 0) is 0 Å². The molecular weight excluding hydrogens is 188 g/mol. The summed E-state index contributed by atoms with van der Waals surface area (Å²) in [5, 5.41) is 0. The highest BCUT2D eigenvalue weighted by Gasteiger charge is 2.06. The van der Waals surface area contributed by atoms with Gasteiger partial charge in [0.05, 0.1) is 0 Å². The van der Waals surface area contributed by atoms with Crippen molar-refractivity contribution >= 4 is 0 Å². The second kappa shape index (κ2) is 4.91. The van der Waals surface area contributed by atoms with Crippen molar-refractivity contribution in [2.24, 2.45) is 5.73 Å². The molecule has 0 fully saturated rings. The van der Waals surface area contributed by atoms with Crippen LogP contribution in [0.1, 0.15) is 18.5 Å². The molecule has 2 N–H and O–H groups in total. The Balaban J connectivity index is 2.79. The SMILES string of the molecule is C[C@@H](N)c1ccc(OCCF)c(F)c1. The Labute approximate surface area is 81.7 Å². The monoisotopic (exact) mass is 201 g/mol. The molecule has 0 amide bonds. The molecular formula is C10H13F2NO. The van der Waals surface area contributed by atoms with Gasteiger partial charge >= 0.3 is 0 Å². The van der Waals surface area contributed by atoms with Gasteiger partial charge in [0.2, 0.25) is 0 Å². The zero-order chi connectivity index (χ0) is 10.6. The van der Waals surface area contributed by atoms with E-state index in [4.69, 9.17) is 10.5 Å². The lowest BCUT2D eigenvalue weighted by atomic mass is 10.1. The number of nitrogens with two attached hydrogens (primary N) is 1. The summed E-state index contributed by atoms with van der Waals surface area (Å²) in [6.07, 6.45) is 0. The summed E-state index contributed by atoms with van der Waals surface area (Å²) >= 11 is 0. The lowest BCUT2D eigenvalue weighted by Crippen LogP contribution is -2.06. The number of hydrogen-bond acceptors (Lipinski definition) is 2. The number of benzene rings is 1. The summed E-state index contributed by atoms with van der Waals surface area (Å²) in [6, 6.07) is 4.21. The van der Waals surface area contributed by atoms with Gasteiger partial charge in [-0.25, -0.2) is 8.78 Å². The van der Waals surface area contributed by atoms with Crippen LogP contribution in [-0.4, -0.2) is 13.3 Å². The molecule has 0 bridgehead atoms. The van der Waals surface area contributed by atoms with E-state index in [9.17, 15) is 8.78 Å². The molecule has 1 rings (SSSR count). The van der Waals surface area contributed by atoms with E-state index in [2.05, 4.69) is 0 Å². The van der Waals surface area contributed by atoms with Crippen LogP contribution in [0.2, 0.25) is 0 Å². The molecule has 0 aliphatic heterocycles. The minimum absolute atomic E-state index is 0.0621. The Kier molecular flexibility index (Phi) is 3.83. The molecule has 1 aromatic carbocycles. The average molecular weight is 201 g/mol. The van der Waals surface area contributed by atoms with Crippen LogP contribution in [0.15, 0.2) is 18.2 Å². The largest absolute Gasteiger partial charge is 0.488 e.